The van der Waals surface area contributed by atoms with Crippen molar-refractivity contribution >= 4 is 5.91 Å². The molecule has 0 spiro atoms. The number of aliphatic hydroxyl groups is 11. The van der Waals surface area contributed by atoms with Gasteiger partial charge >= 0.3 is 0 Å². The minimum Gasteiger partial charge on any atom is -0.394 e. The van der Waals surface area contributed by atoms with E-state index in [4.69, 9.17) is 28.4 Å². The summed E-state index contributed by atoms with van der Waals surface area (Å²) in [6.45, 7) is 1.63. The number of hydrogen-bond acceptors (Lipinski definition) is 18. The highest BCUT2D eigenvalue weighted by Crippen LogP contribution is 2.33. The zero-order valence-electron chi connectivity index (χ0n) is 55.5. The second-order valence-electron chi connectivity index (χ2n) is 24.3. The Balaban J connectivity index is 1.38. The van der Waals surface area contributed by atoms with Gasteiger partial charge in [0.05, 0.1) is 38.6 Å². The molecule has 0 aromatic carbocycles. The predicted octanol–water partition coefficient (Wildman–Crippen LogP) is 9.21. The van der Waals surface area contributed by atoms with Crippen LogP contribution in [0.3, 0.4) is 0 Å². The summed E-state index contributed by atoms with van der Waals surface area (Å²) in [7, 11) is 0. The molecule has 3 heterocycles. The van der Waals surface area contributed by atoms with Crippen LogP contribution in [0.5, 0.6) is 0 Å². The van der Waals surface area contributed by atoms with Gasteiger partial charge in [-0.2, -0.15) is 0 Å². The van der Waals surface area contributed by atoms with Gasteiger partial charge in [0.25, 0.3) is 0 Å². The number of allylic oxidation sites excluding steroid dienone is 20. The molecule has 19 nitrogen and oxygen atoms in total. The van der Waals surface area contributed by atoms with Crippen molar-refractivity contribution in [2.24, 2.45) is 0 Å². The minimum atomic E-state index is -1.98. The molecule has 3 aliphatic heterocycles. The molecular formula is C73H121NO18. The zero-order chi connectivity index (χ0) is 66.8. The van der Waals surface area contributed by atoms with E-state index in [0.29, 0.717) is 19.3 Å². The van der Waals surface area contributed by atoms with E-state index in [9.17, 15) is 61.0 Å². The van der Waals surface area contributed by atoms with Gasteiger partial charge in [-0.25, -0.2) is 0 Å². The van der Waals surface area contributed by atoms with Gasteiger partial charge in [0.1, 0.15) is 73.2 Å². The van der Waals surface area contributed by atoms with Crippen molar-refractivity contribution in [2.75, 3.05) is 26.4 Å². The topological polar surface area (TPSA) is 307 Å². The van der Waals surface area contributed by atoms with E-state index in [1.807, 2.05) is 0 Å². The van der Waals surface area contributed by atoms with Gasteiger partial charge in [-0.05, 0) is 89.9 Å². The molecule has 3 saturated heterocycles. The fourth-order valence-corrected chi connectivity index (χ4v) is 10.9. The zero-order valence-corrected chi connectivity index (χ0v) is 55.5. The molecule has 0 aromatic heterocycles. The third-order valence-corrected chi connectivity index (χ3v) is 16.6. The molecule has 3 aliphatic rings. The summed E-state index contributed by atoms with van der Waals surface area (Å²) in [4.78, 5) is 13.4. The molecule has 3 fully saturated rings. The van der Waals surface area contributed by atoms with Crippen LogP contribution in [0.2, 0.25) is 0 Å². The van der Waals surface area contributed by atoms with Crippen LogP contribution < -0.4 is 5.32 Å². The van der Waals surface area contributed by atoms with Crippen LogP contribution in [-0.2, 0) is 33.2 Å². The van der Waals surface area contributed by atoms with Gasteiger partial charge in [0, 0.05) is 6.42 Å². The highest BCUT2D eigenvalue weighted by molar-refractivity contribution is 5.76. The van der Waals surface area contributed by atoms with E-state index in [2.05, 4.69) is 141 Å². The van der Waals surface area contributed by atoms with Crippen LogP contribution in [0.1, 0.15) is 200 Å². The molecule has 19 heteroatoms. The monoisotopic (exact) mass is 1300 g/mol. The molecule has 0 aliphatic carbocycles. The van der Waals surface area contributed by atoms with E-state index < -0.39 is 124 Å². The Bertz CT molecular complexity index is 2140. The van der Waals surface area contributed by atoms with Crippen molar-refractivity contribution in [2.45, 2.75) is 304 Å². The van der Waals surface area contributed by atoms with Gasteiger partial charge in [0.2, 0.25) is 5.91 Å². The number of carbonyl (C=O) groups is 1. The fourth-order valence-electron chi connectivity index (χ4n) is 10.9. The quantitative estimate of drug-likeness (QED) is 0.0199. The number of rotatable bonds is 51. The van der Waals surface area contributed by atoms with Crippen molar-refractivity contribution < 1.29 is 89.4 Å². The van der Waals surface area contributed by atoms with E-state index >= 15 is 0 Å². The lowest BCUT2D eigenvalue weighted by molar-refractivity contribution is -0.379. The summed E-state index contributed by atoms with van der Waals surface area (Å²) in [5, 5.41) is 120. The number of unbranched alkanes of at least 4 members (excludes halogenated alkanes) is 15. The molecule has 0 radical (unpaired) electrons. The third kappa shape index (κ3) is 34.7. The average molecular weight is 1300 g/mol. The largest absolute Gasteiger partial charge is 0.394 e. The smallest absolute Gasteiger partial charge is 0.220 e. The lowest BCUT2D eigenvalue weighted by Crippen LogP contribution is -2.66. The van der Waals surface area contributed by atoms with E-state index in [1.54, 1.807) is 0 Å². The summed E-state index contributed by atoms with van der Waals surface area (Å²) < 4.78 is 34.3. The third-order valence-electron chi connectivity index (χ3n) is 16.6. The average Bonchev–Trinajstić information content (AvgIpc) is 0.830. The summed E-state index contributed by atoms with van der Waals surface area (Å²) >= 11 is 0. The van der Waals surface area contributed by atoms with Gasteiger partial charge < -0.3 is 89.9 Å². The summed E-state index contributed by atoms with van der Waals surface area (Å²) in [5.74, 6) is -0.274. The first-order chi connectivity index (χ1) is 44.8. The predicted molar refractivity (Wildman–Crippen MR) is 360 cm³/mol. The van der Waals surface area contributed by atoms with E-state index in [1.165, 1.54) is 51.4 Å². The van der Waals surface area contributed by atoms with E-state index in [-0.39, 0.29) is 18.9 Å². The lowest BCUT2D eigenvalue weighted by Gasteiger charge is -2.48. The van der Waals surface area contributed by atoms with Crippen LogP contribution in [0.25, 0.3) is 0 Å². The minimum absolute atomic E-state index is 0.228. The van der Waals surface area contributed by atoms with Crippen LogP contribution in [-0.4, -0.2) is 193 Å². The molecule has 12 N–H and O–H groups in total. The van der Waals surface area contributed by atoms with Crippen molar-refractivity contribution in [1.29, 1.82) is 0 Å². The Morgan fingerprint density at radius 2 is 0.750 bits per heavy atom. The maximum atomic E-state index is 13.4. The van der Waals surface area contributed by atoms with Crippen LogP contribution in [0, 0.1) is 0 Å². The van der Waals surface area contributed by atoms with Crippen LogP contribution >= 0.6 is 0 Å². The van der Waals surface area contributed by atoms with Crippen molar-refractivity contribution in [1.82, 2.24) is 5.32 Å². The number of aliphatic hydroxyl groups excluding tert-OH is 11. The molecule has 3 rings (SSSR count). The maximum Gasteiger partial charge on any atom is 0.220 e. The number of hydrogen-bond donors (Lipinski definition) is 12. The van der Waals surface area contributed by atoms with Gasteiger partial charge in [0.15, 0.2) is 18.9 Å². The first-order valence-corrected chi connectivity index (χ1v) is 34.8. The van der Waals surface area contributed by atoms with Gasteiger partial charge in [-0.1, -0.05) is 225 Å². The van der Waals surface area contributed by atoms with Crippen LogP contribution in [0.15, 0.2) is 122 Å². The molecule has 0 bridgehead atoms. The van der Waals surface area contributed by atoms with Crippen molar-refractivity contribution in [3.05, 3.63) is 122 Å². The molecule has 0 aromatic rings. The van der Waals surface area contributed by atoms with E-state index in [0.717, 1.165) is 109 Å². The Labute approximate surface area is 550 Å². The number of nitrogens with one attached hydrogen (secondary N) is 1. The molecule has 17 unspecified atom stereocenters. The fraction of sp³-hybridized carbons (Fsp3) is 0.712. The molecule has 1 amide bonds. The second kappa shape index (κ2) is 53.3. The highest BCUT2D eigenvalue weighted by Gasteiger charge is 2.53. The Morgan fingerprint density at radius 3 is 1.17 bits per heavy atom. The van der Waals surface area contributed by atoms with Crippen LogP contribution in [0.4, 0.5) is 0 Å². The normalized spacial score (nSPS) is 28.5. The van der Waals surface area contributed by atoms with Gasteiger partial charge in [-0.3, -0.25) is 4.79 Å². The molecule has 92 heavy (non-hydrogen) atoms. The Hall–Kier alpha value is -3.81. The Kier molecular flexibility index (Phi) is 47.8. The number of amides is 1. The second-order valence-corrected chi connectivity index (χ2v) is 24.3. The standard InChI is InChI=1S/C73H121NO18/c1-3-5-7-9-11-13-15-17-18-19-20-21-22-23-24-25-26-27-28-29-30-31-32-33-34-35-36-37-38-39-41-43-45-47-49-51-61(79)74-56(57(78)50-48-46-44-42-40-16-14-12-10-8-6-4-2)55-87-71-67(85)64(82)69(59(53-76)89-71)92-73-68(86)65(83)70(60(54-77)90-73)91-72-66(84)63(81)62(80)58(52-75)88-72/h5,7,11,13,17-18,20-21,23-24,26-27,29-30,32-33,35-36,38-39,56-60,62-73,75-78,80-86H,3-4,6,8-10,12,14-16,19,22,25,28,31,34,37,40-55H2,1-2H3,(H,74,79)/b7-5-,13-11-,18-17-,21-20-,24-23-,27-26-,30-29-,33-32-,36-35-,39-38-. The first kappa shape index (κ1) is 82.4. The number of carbonyl (C=O) groups excluding carboxylic acids is 1. The van der Waals surface area contributed by atoms with Crippen molar-refractivity contribution in [3.63, 3.8) is 0 Å². The lowest BCUT2D eigenvalue weighted by atomic mass is 9.96. The Morgan fingerprint density at radius 1 is 0.402 bits per heavy atom. The molecular weight excluding hydrogens is 1180 g/mol. The van der Waals surface area contributed by atoms with Crippen molar-refractivity contribution in [3.8, 4) is 0 Å². The first-order valence-electron chi connectivity index (χ1n) is 34.8. The SMILES string of the molecule is CC/C=C\C/C=C\C/C=C\C/C=C\C/C=C\C/C=C\C/C=C\C/C=C\C/C=C\C/C=C\CCCCCCC(=O)NC(COC1OC(CO)C(OC2OC(CO)C(OC3OC(CO)C(O)C(O)C3O)C(O)C2O)C(O)C1O)C(O)CCCCCCCCCCCCCC. The summed E-state index contributed by atoms with van der Waals surface area (Å²) in [6, 6.07) is -0.909. The summed E-state index contributed by atoms with van der Waals surface area (Å²) in [5.41, 5.74) is 0. The summed E-state index contributed by atoms with van der Waals surface area (Å²) in [6.07, 6.45) is 45.7. The highest BCUT2D eigenvalue weighted by atomic mass is 16.8. The number of ether oxygens (including phenoxy) is 6. The molecule has 526 valence electrons. The molecule has 17 atom stereocenters. The van der Waals surface area contributed by atoms with Gasteiger partial charge in [-0.15, -0.1) is 0 Å². The maximum absolute atomic E-state index is 13.4. The molecule has 0 saturated carbocycles.